The highest BCUT2D eigenvalue weighted by atomic mass is 16.5. The molecule has 0 radical (unpaired) electrons. The number of hydrogen-bond donors (Lipinski definition) is 1. The van der Waals surface area contributed by atoms with Gasteiger partial charge in [0.15, 0.2) is 0 Å². The Morgan fingerprint density at radius 3 is 2.35 bits per heavy atom. The summed E-state index contributed by atoms with van der Waals surface area (Å²) in [6.45, 7) is 4.47. The summed E-state index contributed by atoms with van der Waals surface area (Å²) in [6.07, 6.45) is 2.18. The smallest absolute Gasteiger partial charge is 0.329 e. The van der Waals surface area contributed by atoms with Gasteiger partial charge in [0.1, 0.15) is 5.54 Å². The number of carbonyl (C=O) groups excluding carboxylic acids is 1. The third kappa shape index (κ3) is 3.43. The Bertz CT molecular complexity index is 295. The number of nitrogens with zero attached hydrogens (tertiary/aromatic N) is 1. The fourth-order valence-corrected chi connectivity index (χ4v) is 1.79. The zero-order valence-electron chi connectivity index (χ0n) is 10.7. The molecule has 0 aromatic carbocycles. The minimum Gasteiger partial charge on any atom is -0.480 e. The van der Waals surface area contributed by atoms with Crippen molar-refractivity contribution in [3.05, 3.63) is 0 Å². The summed E-state index contributed by atoms with van der Waals surface area (Å²) in [5.41, 5.74) is -1.15. The van der Waals surface area contributed by atoms with Crippen LogP contribution in [-0.4, -0.2) is 47.7 Å². The van der Waals surface area contributed by atoms with Crippen LogP contribution in [0.3, 0.4) is 0 Å². The molecule has 0 aromatic rings. The van der Waals surface area contributed by atoms with Crippen LogP contribution in [0.2, 0.25) is 0 Å². The molecule has 0 unspecified atom stereocenters. The maximum atomic E-state index is 12.0. The van der Waals surface area contributed by atoms with E-state index in [4.69, 9.17) is 9.84 Å². The molecule has 1 aliphatic rings. The lowest BCUT2D eigenvalue weighted by atomic mass is 9.94. The van der Waals surface area contributed by atoms with Gasteiger partial charge in [-0.25, -0.2) is 4.79 Å². The lowest BCUT2D eigenvalue weighted by Crippen LogP contribution is -2.51. The van der Waals surface area contributed by atoms with E-state index in [1.54, 1.807) is 7.05 Å². The molecule has 0 aliphatic carbocycles. The highest BCUT2D eigenvalue weighted by molar-refractivity contribution is 5.86. The summed E-state index contributed by atoms with van der Waals surface area (Å²) in [7, 11) is 1.55. The number of carboxylic acid groups (broad SMARTS) is 1. The normalized spacial score (nSPS) is 17.8. The fourth-order valence-electron chi connectivity index (χ4n) is 1.79. The highest BCUT2D eigenvalue weighted by Gasteiger charge is 2.35. The van der Waals surface area contributed by atoms with Crippen molar-refractivity contribution >= 4 is 11.9 Å². The molecule has 1 N–H and O–H groups in total. The van der Waals surface area contributed by atoms with Gasteiger partial charge in [0, 0.05) is 26.7 Å². The number of hydrogen-bond acceptors (Lipinski definition) is 3. The average molecular weight is 243 g/mol. The van der Waals surface area contributed by atoms with Crippen LogP contribution >= 0.6 is 0 Å². The van der Waals surface area contributed by atoms with Gasteiger partial charge in [-0.2, -0.15) is 0 Å². The van der Waals surface area contributed by atoms with E-state index in [0.717, 1.165) is 12.8 Å². The van der Waals surface area contributed by atoms with Crippen LogP contribution in [-0.2, 0) is 14.3 Å². The molecule has 0 saturated carbocycles. The summed E-state index contributed by atoms with van der Waals surface area (Å²) in [4.78, 5) is 24.4. The van der Waals surface area contributed by atoms with Crippen LogP contribution in [0, 0.1) is 5.92 Å². The van der Waals surface area contributed by atoms with E-state index in [1.165, 1.54) is 18.7 Å². The topological polar surface area (TPSA) is 66.8 Å². The van der Waals surface area contributed by atoms with Crippen LogP contribution < -0.4 is 0 Å². The van der Waals surface area contributed by atoms with E-state index in [9.17, 15) is 9.59 Å². The molecule has 1 amide bonds. The predicted octanol–water partition coefficient (Wildman–Crippen LogP) is 1.12. The molecule has 1 rings (SSSR count). The second kappa shape index (κ2) is 5.49. The van der Waals surface area contributed by atoms with Crippen molar-refractivity contribution in [2.24, 2.45) is 5.92 Å². The van der Waals surface area contributed by atoms with E-state index in [-0.39, 0.29) is 5.91 Å². The average Bonchev–Trinajstić information content (AvgIpc) is 2.29. The van der Waals surface area contributed by atoms with E-state index in [1.807, 2.05) is 0 Å². The number of ether oxygens (including phenoxy) is 1. The zero-order valence-corrected chi connectivity index (χ0v) is 10.7. The summed E-state index contributed by atoms with van der Waals surface area (Å²) < 4.78 is 5.23. The van der Waals surface area contributed by atoms with Gasteiger partial charge in [-0.3, -0.25) is 4.79 Å². The van der Waals surface area contributed by atoms with Crippen molar-refractivity contribution in [1.82, 2.24) is 4.90 Å². The SMILES string of the molecule is CN(C(=O)CC1CCOCC1)C(C)(C)C(=O)O. The monoisotopic (exact) mass is 243 g/mol. The molecule has 17 heavy (non-hydrogen) atoms. The van der Waals surface area contributed by atoms with Gasteiger partial charge in [0.2, 0.25) is 5.91 Å². The molecule has 1 fully saturated rings. The molecule has 98 valence electrons. The van der Waals surface area contributed by atoms with E-state index in [2.05, 4.69) is 0 Å². The van der Waals surface area contributed by atoms with Gasteiger partial charge in [0.05, 0.1) is 0 Å². The summed E-state index contributed by atoms with van der Waals surface area (Å²) >= 11 is 0. The Hall–Kier alpha value is -1.10. The van der Waals surface area contributed by atoms with Gasteiger partial charge < -0.3 is 14.7 Å². The first-order valence-corrected chi connectivity index (χ1v) is 5.93. The van der Waals surface area contributed by atoms with E-state index in [0.29, 0.717) is 25.6 Å². The van der Waals surface area contributed by atoms with Crippen molar-refractivity contribution in [3.8, 4) is 0 Å². The van der Waals surface area contributed by atoms with Crippen molar-refractivity contribution < 1.29 is 19.4 Å². The first kappa shape index (κ1) is 14.0. The number of rotatable bonds is 4. The highest BCUT2D eigenvalue weighted by Crippen LogP contribution is 2.22. The molecule has 5 heteroatoms. The molecule has 0 bridgehead atoms. The molecule has 0 spiro atoms. The lowest BCUT2D eigenvalue weighted by molar-refractivity contribution is -0.155. The maximum Gasteiger partial charge on any atom is 0.329 e. The molecule has 1 heterocycles. The third-order valence-electron chi connectivity index (χ3n) is 3.54. The lowest BCUT2D eigenvalue weighted by Gasteiger charge is -2.33. The second-order valence-electron chi connectivity index (χ2n) is 5.08. The molecular weight excluding hydrogens is 222 g/mol. The Morgan fingerprint density at radius 1 is 1.35 bits per heavy atom. The van der Waals surface area contributed by atoms with Gasteiger partial charge in [-0.15, -0.1) is 0 Å². The van der Waals surface area contributed by atoms with Crippen LogP contribution in [0.15, 0.2) is 0 Å². The number of carboxylic acids is 1. The van der Waals surface area contributed by atoms with Crippen molar-refractivity contribution in [1.29, 1.82) is 0 Å². The van der Waals surface area contributed by atoms with Gasteiger partial charge in [0.25, 0.3) is 0 Å². The molecule has 0 aromatic heterocycles. The van der Waals surface area contributed by atoms with Gasteiger partial charge in [-0.1, -0.05) is 0 Å². The largest absolute Gasteiger partial charge is 0.480 e. The third-order valence-corrected chi connectivity index (χ3v) is 3.54. The van der Waals surface area contributed by atoms with Crippen molar-refractivity contribution in [2.75, 3.05) is 20.3 Å². The maximum absolute atomic E-state index is 12.0. The molecule has 5 nitrogen and oxygen atoms in total. The second-order valence-corrected chi connectivity index (χ2v) is 5.08. The number of carbonyl (C=O) groups is 2. The Morgan fingerprint density at radius 2 is 1.88 bits per heavy atom. The summed E-state index contributed by atoms with van der Waals surface area (Å²) in [6, 6.07) is 0. The first-order chi connectivity index (χ1) is 7.85. The predicted molar refractivity (Wildman–Crippen MR) is 62.6 cm³/mol. The van der Waals surface area contributed by atoms with E-state index >= 15 is 0 Å². The zero-order chi connectivity index (χ0) is 13.1. The first-order valence-electron chi connectivity index (χ1n) is 5.93. The summed E-state index contributed by atoms with van der Waals surface area (Å²) in [5.74, 6) is -0.770. The summed E-state index contributed by atoms with van der Waals surface area (Å²) in [5, 5.41) is 9.05. The van der Waals surface area contributed by atoms with Crippen LogP contribution in [0.5, 0.6) is 0 Å². The molecule has 0 atom stereocenters. The van der Waals surface area contributed by atoms with Crippen LogP contribution in [0.4, 0.5) is 0 Å². The van der Waals surface area contributed by atoms with Crippen LogP contribution in [0.1, 0.15) is 33.1 Å². The minimum atomic E-state index is -1.15. The standard InChI is InChI=1S/C12H21NO4/c1-12(2,11(15)16)13(3)10(14)8-9-4-6-17-7-5-9/h9H,4-8H2,1-3H3,(H,15,16). The minimum absolute atomic E-state index is 0.107. The van der Waals surface area contributed by atoms with Gasteiger partial charge >= 0.3 is 5.97 Å². The molecular formula is C12H21NO4. The van der Waals surface area contributed by atoms with Gasteiger partial charge in [-0.05, 0) is 32.6 Å². The number of likely N-dealkylation sites (N-methyl/N-ethyl adjacent to an activating group) is 1. The Balaban J connectivity index is 2.54. The Kier molecular flexibility index (Phi) is 4.51. The quantitative estimate of drug-likeness (QED) is 0.803. The Labute approximate surface area is 102 Å². The van der Waals surface area contributed by atoms with Crippen molar-refractivity contribution in [3.63, 3.8) is 0 Å². The van der Waals surface area contributed by atoms with Crippen molar-refractivity contribution in [2.45, 2.75) is 38.6 Å². The number of aliphatic carboxylic acids is 1. The van der Waals surface area contributed by atoms with Crippen LogP contribution in [0.25, 0.3) is 0 Å². The molecule has 1 aliphatic heterocycles. The number of amides is 1. The fraction of sp³-hybridized carbons (Fsp3) is 0.833. The molecule has 1 saturated heterocycles. The van der Waals surface area contributed by atoms with E-state index < -0.39 is 11.5 Å².